The molecule has 196 valence electrons. The van der Waals surface area contributed by atoms with E-state index in [4.69, 9.17) is 16.3 Å². The van der Waals surface area contributed by atoms with Gasteiger partial charge in [0.25, 0.3) is 0 Å². The SMILES string of the molecule is CC(C)(C)OC(=O)N(CCc1ccc(S(=O)(=O)c2cccc(C=O)c2)cc1)C[C@H](O)c1cccc(Cl)c1. The fourth-order valence-electron chi connectivity index (χ4n) is 3.60. The number of hydrogen-bond donors (Lipinski definition) is 1. The van der Waals surface area contributed by atoms with E-state index in [1.165, 1.54) is 41.3 Å². The van der Waals surface area contributed by atoms with E-state index in [1.54, 1.807) is 57.2 Å². The minimum Gasteiger partial charge on any atom is -0.444 e. The van der Waals surface area contributed by atoms with Crippen LogP contribution in [-0.2, 0) is 21.0 Å². The van der Waals surface area contributed by atoms with Crippen molar-refractivity contribution in [1.82, 2.24) is 4.90 Å². The summed E-state index contributed by atoms with van der Waals surface area (Å²) in [4.78, 5) is 25.5. The normalized spacial score (nSPS) is 12.6. The van der Waals surface area contributed by atoms with Crippen molar-refractivity contribution < 1.29 is 27.9 Å². The highest BCUT2D eigenvalue weighted by atomic mass is 35.5. The van der Waals surface area contributed by atoms with Crippen LogP contribution in [0.1, 0.15) is 48.4 Å². The summed E-state index contributed by atoms with van der Waals surface area (Å²) >= 11 is 6.04. The number of ether oxygens (including phenoxy) is 1. The van der Waals surface area contributed by atoms with Gasteiger partial charge in [0.1, 0.15) is 11.9 Å². The van der Waals surface area contributed by atoms with Crippen LogP contribution in [0.15, 0.2) is 82.6 Å². The molecule has 7 nitrogen and oxygen atoms in total. The summed E-state index contributed by atoms with van der Waals surface area (Å²) in [5, 5.41) is 11.2. The Morgan fingerprint density at radius 2 is 1.70 bits per heavy atom. The summed E-state index contributed by atoms with van der Waals surface area (Å²) in [6.07, 6.45) is -0.534. The average molecular weight is 544 g/mol. The van der Waals surface area contributed by atoms with E-state index < -0.39 is 27.6 Å². The molecule has 0 saturated heterocycles. The van der Waals surface area contributed by atoms with Gasteiger partial charge in [0, 0.05) is 17.1 Å². The molecule has 3 rings (SSSR count). The first-order valence-electron chi connectivity index (χ1n) is 11.7. The van der Waals surface area contributed by atoms with Crippen LogP contribution < -0.4 is 0 Å². The Labute approximate surface area is 222 Å². The monoisotopic (exact) mass is 543 g/mol. The van der Waals surface area contributed by atoms with Crippen molar-refractivity contribution in [3.63, 3.8) is 0 Å². The first kappa shape index (κ1) is 28.4. The quantitative estimate of drug-likeness (QED) is 0.358. The highest BCUT2D eigenvalue weighted by Crippen LogP contribution is 2.23. The van der Waals surface area contributed by atoms with Crippen molar-refractivity contribution in [3.8, 4) is 0 Å². The highest BCUT2D eigenvalue weighted by molar-refractivity contribution is 7.91. The number of halogens is 1. The van der Waals surface area contributed by atoms with Crippen molar-refractivity contribution in [2.45, 2.75) is 48.7 Å². The maximum atomic E-state index is 13.0. The Morgan fingerprint density at radius 1 is 1.03 bits per heavy atom. The Kier molecular flexibility index (Phi) is 9.12. The molecule has 0 aliphatic carbocycles. The zero-order valence-corrected chi connectivity index (χ0v) is 22.5. The molecule has 0 saturated carbocycles. The molecule has 0 heterocycles. The van der Waals surface area contributed by atoms with E-state index in [0.29, 0.717) is 23.3 Å². The number of aliphatic hydroxyl groups excluding tert-OH is 1. The predicted molar refractivity (Wildman–Crippen MR) is 142 cm³/mol. The molecule has 0 unspecified atom stereocenters. The smallest absolute Gasteiger partial charge is 0.410 e. The van der Waals surface area contributed by atoms with Crippen LogP contribution in [0, 0.1) is 0 Å². The highest BCUT2D eigenvalue weighted by Gasteiger charge is 2.25. The first-order chi connectivity index (χ1) is 17.4. The summed E-state index contributed by atoms with van der Waals surface area (Å²) in [6, 6.07) is 19.0. The van der Waals surface area contributed by atoms with E-state index in [2.05, 4.69) is 0 Å². The summed E-state index contributed by atoms with van der Waals surface area (Å²) in [5.41, 5.74) is 0.939. The minimum absolute atomic E-state index is 0.00517. The van der Waals surface area contributed by atoms with E-state index in [-0.39, 0.29) is 28.4 Å². The standard InChI is InChI=1S/C28H30ClNO6S/c1-28(2,3)36-27(33)30(18-26(32)22-7-5-8-23(29)17-22)15-14-20-10-12-24(13-11-20)37(34,35)25-9-4-6-21(16-25)19-31/h4-13,16-17,19,26,32H,14-15,18H2,1-3H3/t26-/m0/s1. The molecule has 1 amide bonds. The molecule has 0 radical (unpaired) electrons. The van der Waals surface area contributed by atoms with Crippen LogP contribution in [0.2, 0.25) is 5.02 Å². The van der Waals surface area contributed by atoms with Gasteiger partial charge in [0.2, 0.25) is 9.84 Å². The Bertz CT molecular complexity index is 1350. The number of carbonyl (C=O) groups excluding carboxylic acids is 2. The molecular formula is C28H30ClNO6S. The first-order valence-corrected chi connectivity index (χ1v) is 13.6. The summed E-state index contributed by atoms with van der Waals surface area (Å²) < 4.78 is 31.4. The summed E-state index contributed by atoms with van der Waals surface area (Å²) in [5.74, 6) is 0. The van der Waals surface area contributed by atoms with E-state index in [0.717, 1.165) is 5.56 Å². The second-order valence-corrected chi connectivity index (χ2v) is 12.0. The zero-order valence-electron chi connectivity index (χ0n) is 20.9. The lowest BCUT2D eigenvalue weighted by molar-refractivity contribution is 0.0147. The molecule has 3 aromatic rings. The lowest BCUT2D eigenvalue weighted by atomic mass is 10.1. The van der Waals surface area contributed by atoms with Gasteiger partial charge in [-0.2, -0.15) is 0 Å². The number of aliphatic hydroxyl groups is 1. The Balaban J connectivity index is 1.75. The molecule has 37 heavy (non-hydrogen) atoms. The topological polar surface area (TPSA) is 101 Å². The third-order valence-electron chi connectivity index (χ3n) is 5.49. The van der Waals surface area contributed by atoms with Gasteiger partial charge in [-0.05, 0) is 74.7 Å². The van der Waals surface area contributed by atoms with Crippen molar-refractivity contribution in [1.29, 1.82) is 0 Å². The summed E-state index contributed by atoms with van der Waals surface area (Å²) in [7, 11) is -3.79. The molecule has 9 heteroatoms. The second kappa shape index (κ2) is 11.9. The van der Waals surface area contributed by atoms with Crippen LogP contribution in [0.5, 0.6) is 0 Å². The number of benzene rings is 3. The number of carbonyl (C=O) groups is 2. The van der Waals surface area contributed by atoms with E-state index in [9.17, 15) is 23.1 Å². The molecule has 0 fully saturated rings. The fraction of sp³-hybridized carbons (Fsp3) is 0.286. The minimum atomic E-state index is -3.79. The zero-order chi connectivity index (χ0) is 27.2. The van der Waals surface area contributed by atoms with E-state index in [1.807, 2.05) is 0 Å². The Hall–Kier alpha value is -3.20. The molecule has 0 aromatic heterocycles. The lowest BCUT2D eigenvalue weighted by Crippen LogP contribution is -2.40. The molecular weight excluding hydrogens is 514 g/mol. The number of hydrogen-bond acceptors (Lipinski definition) is 6. The third kappa shape index (κ3) is 7.89. The van der Waals surface area contributed by atoms with E-state index >= 15 is 0 Å². The van der Waals surface area contributed by atoms with Crippen LogP contribution >= 0.6 is 11.6 Å². The van der Waals surface area contributed by atoms with Crippen molar-refractivity contribution in [2.75, 3.05) is 13.1 Å². The van der Waals surface area contributed by atoms with Gasteiger partial charge in [-0.25, -0.2) is 13.2 Å². The van der Waals surface area contributed by atoms with Gasteiger partial charge in [-0.3, -0.25) is 4.79 Å². The van der Waals surface area contributed by atoms with Gasteiger partial charge >= 0.3 is 6.09 Å². The summed E-state index contributed by atoms with van der Waals surface area (Å²) in [6.45, 7) is 5.52. The molecule has 0 aliphatic rings. The van der Waals surface area contributed by atoms with Gasteiger partial charge < -0.3 is 14.7 Å². The number of nitrogens with zero attached hydrogens (tertiary/aromatic N) is 1. The second-order valence-electron chi connectivity index (χ2n) is 9.58. The average Bonchev–Trinajstić information content (AvgIpc) is 2.85. The molecule has 0 bridgehead atoms. The van der Waals surface area contributed by atoms with Crippen LogP contribution in [-0.4, -0.2) is 49.5 Å². The third-order valence-corrected chi connectivity index (χ3v) is 7.49. The number of aldehydes is 1. The largest absolute Gasteiger partial charge is 0.444 e. The number of amides is 1. The fourth-order valence-corrected chi connectivity index (χ4v) is 5.12. The predicted octanol–water partition coefficient (Wildman–Crippen LogP) is 5.50. The van der Waals surface area contributed by atoms with Crippen LogP contribution in [0.25, 0.3) is 0 Å². The van der Waals surface area contributed by atoms with Crippen molar-refractivity contribution in [2.24, 2.45) is 0 Å². The van der Waals surface area contributed by atoms with Crippen molar-refractivity contribution >= 4 is 33.8 Å². The van der Waals surface area contributed by atoms with Gasteiger partial charge in [0.05, 0.1) is 22.4 Å². The molecule has 1 atom stereocenters. The van der Waals surface area contributed by atoms with Gasteiger partial charge in [0.15, 0.2) is 0 Å². The molecule has 0 spiro atoms. The molecule has 3 aromatic carbocycles. The number of rotatable bonds is 9. The number of sulfone groups is 1. The Morgan fingerprint density at radius 3 is 2.32 bits per heavy atom. The molecule has 0 aliphatic heterocycles. The molecule has 1 N–H and O–H groups in total. The van der Waals surface area contributed by atoms with Crippen molar-refractivity contribution in [3.05, 3.63) is 94.5 Å². The maximum Gasteiger partial charge on any atom is 0.410 e. The van der Waals surface area contributed by atoms with Crippen LogP contribution in [0.3, 0.4) is 0 Å². The van der Waals surface area contributed by atoms with Crippen LogP contribution in [0.4, 0.5) is 4.79 Å². The van der Waals surface area contributed by atoms with Gasteiger partial charge in [-0.15, -0.1) is 0 Å². The van der Waals surface area contributed by atoms with Gasteiger partial charge in [-0.1, -0.05) is 48.0 Å². The lowest BCUT2D eigenvalue weighted by Gasteiger charge is -2.29. The maximum absolute atomic E-state index is 13.0.